The van der Waals surface area contributed by atoms with Gasteiger partial charge in [0.1, 0.15) is 5.75 Å². The van der Waals surface area contributed by atoms with E-state index in [0.29, 0.717) is 13.2 Å². The maximum Gasteiger partial charge on any atom is 0.192 e. The van der Waals surface area contributed by atoms with Crippen molar-refractivity contribution in [2.45, 2.75) is 12.7 Å². The van der Waals surface area contributed by atoms with Crippen LogP contribution in [0.5, 0.6) is 5.75 Å². The van der Waals surface area contributed by atoms with Crippen molar-refractivity contribution < 1.29 is 14.2 Å². The minimum Gasteiger partial charge on any atom is -0.497 e. The van der Waals surface area contributed by atoms with Gasteiger partial charge < -0.3 is 14.2 Å². The van der Waals surface area contributed by atoms with Crippen LogP contribution in [0.3, 0.4) is 0 Å². The van der Waals surface area contributed by atoms with E-state index >= 15 is 0 Å². The van der Waals surface area contributed by atoms with Crippen LogP contribution in [-0.4, -0.2) is 20.3 Å². The molecule has 0 radical (unpaired) electrons. The van der Waals surface area contributed by atoms with Gasteiger partial charge in [-0.05, 0) is 47.0 Å². The van der Waals surface area contributed by atoms with Gasteiger partial charge in [0.15, 0.2) is 5.79 Å². The fourth-order valence-corrected chi connectivity index (χ4v) is 3.18. The Balaban J connectivity index is 1.67. The lowest BCUT2D eigenvalue weighted by Crippen LogP contribution is -2.22. The van der Waals surface area contributed by atoms with Crippen molar-refractivity contribution in [3.8, 4) is 16.9 Å². The maximum absolute atomic E-state index is 5.72. The van der Waals surface area contributed by atoms with Gasteiger partial charge in [-0.25, -0.2) is 0 Å². The monoisotopic (exact) mass is 320 g/mol. The number of methoxy groups -OCH3 is 1. The van der Waals surface area contributed by atoms with Gasteiger partial charge in [0.25, 0.3) is 0 Å². The van der Waals surface area contributed by atoms with Gasteiger partial charge in [0.2, 0.25) is 0 Å². The predicted molar refractivity (Wildman–Crippen MR) is 95.2 cm³/mol. The van der Waals surface area contributed by atoms with Crippen molar-refractivity contribution >= 4 is 10.8 Å². The molecule has 1 aliphatic rings. The number of ether oxygens (including phenoxy) is 3. The van der Waals surface area contributed by atoms with E-state index in [9.17, 15) is 0 Å². The average Bonchev–Trinajstić information content (AvgIpc) is 3.09. The third-order valence-electron chi connectivity index (χ3n) is 4.63. The molecular formula is C21H20O3. The smallest absolute Gasteiger partial charge is 0.192 e. The van der Waals surface area contributed by atoms with Crippen LogP contribution in [0.25, 0.3) is 21.9 Å². The van der Waals surface area contributed by atoms with Crippen molar-refractivity contribution in [3.05, 3.63) is 66.2 Å². The maximum atomic E-state index is 5.72. The van der Waals surface area contributed by atoms with E-state index in [1.54, 1.807) is 7.11 Å². The SMILES string of the molecule is COc1ccc2cc(-c3ccc(C4(C)OCCO4)cc3)ccc2c1. The normalized spacial score (nSPS) is 16.4. The highest BCUT2D eigenvalue weighted by molar-refractivity contribution is 5.88. The molecule has 0 spiro atoms. The summed E-state index contributed by atoms with van der Waals surface area (Å²) in [6, 6.07) is 21.0. The molecule has 0 atom stereocenters. The van der Waals surface area contributed by atoms with E-state index in [4.69, 9.17) is 14.2 Å². The summed E-state index contributed by atoms with van der Waals surface area (Å²) in [6.45, 7) is 3.26. The Hall–Kier alpha value is -2.36. The van der Waals surface area contributed by atoms with Gasteiger partial charge in [0, 0.05) is 5.56 Å². The van der Waals surface area contributed by atoms with Crippen molar-refractivity contribution in [2.75, 3.05) is 20.3 Å². The standard InChI is InChI=1S/C21H20O3/c1-21(23-11-12-24-21)19-8-5-15(6-9-19)16-3-4-18-14-20(22-2)10-7-17(18)13-16/h3-10,13-14H,11-12H2,1-2H3. The Morgan fingerprint density at radius 3 is 2.12 bits per heavy atom. The Morgan fingerprint density at radius 2 is 1.42 bits per heavy atom. The Morgan fingerprint density at radius 1 is 0.792 bits per heavy atom. The van der Waals surface area contributed by atoms with Gasteiger partial charge in [-0.3, -0.25) is 0 Å². The molecule has 3 aromatic rings. The molecule has 0 saturated carbocycles. The minimum absolute atomic E-state index is 0.613. The van der Waals surface area contributed by atoms with E-state index < -0.39 is 5.79 Å². The van der Waals surface area contributed by atoms with Gasteiger partial charge in [-0.2, -0.15) is 0 Å². The number of rotatable bonds is 3. The lowest BCUT2D eigenvalue weighted by Gasteiger charge is -2.22. The Labute approximate surface area is 141 Å². The molecule has 122 valence electrons. The third kappa shape index (κ3) is 2.66. The molecule has 1 aliphatic heterocycles. The molecular weight excluding hydrogens is 300 g/mol. The van der Waals surface area contributed by atoms with Gasteiger partial charge in [-0.1, -0.05) is 42.5 Å². The first-order valence-electron chi connectivity index (χ1n) is 8.15. The lowest BCUT2D eigenvalue weighted by molar-refractivity contribution is -0.149. The summed E-state index contributed by atoms with van der Waals surface area (Å²) >= 11 is 0. The quantitative estimate of drug-likeness (QED) is 0.698. The van der Waals surface area contributed by atoms with Gasteiger partial charge >= 0.3 is 0 Å². The predicted octanol–water partition coefficient (Wildman–Crippen LogP) is 4.73. The molecule has 0 aromatic heterocycles. The van der Waals surface area contributed by atoms with E-state index in [2.05, 4.69) is 54.6 Å². The summed E-state index contributed by atoms with van der Waals surface area (Å²) in [7, 11) is 1.69. The molecule has 3 aromatic carbocycles. The Bertz CT molecular complexity index is 862. The number of hydrogen-bond donors (Lipinski definition) is 0. The highest BCUT2D eigenvalue weighted by Crippen LogP contribution is 2.33. The highest BCUT2D eigenvalue weighted by Gasteiger charge is 2.32. The number of hydrogen-bond acceptors (Lipinski definition) is 3. The summed E-state index contributed by atoms with van der Waals surface area (Å²) in [5.41, 5.74) is 3.42. The summed E-state index contributed by atoms with van der Waals surface area (Å²) < 4.78 is 16.7. The molecule has 3 heteroatoms. The first-order chi connectivity index (χ1) is 11.7. The largest absolute Gasteiger partial charge is 0.497 e. The molecule has 0 unspecified atom stereocenters. The van der Waals surface area contributed by atoms with Crippen LogP contribution in [0.15, 0.2) is 60.7 Å². The van der Waals surface area contributed by atoms with Crippen molar-refractivity contribution in [2.24, 2.45) is 0 Å². The van der Waals surface area contributed by atoms with E-state index in [1.807, 2.05) is 13.0 Å². The first-order valence-corrected chi connectivity index (χ1v) is 8.15. The van der Waals surface area contributed by atoms with Crippen LogP contribution in [0.2, 0.25) is 0 Å². The molecule has 0 aliphatic carbocycles. The highest BCUT2D eigenvalue weighted by atomic mass is 16.7. The van der Waals surface area contributed by atoms with Crippen LogP contribution in [0, 0.1) is 0 Å². The molecule has 0 amide bonds. The average molecular weight is 320 g/mol. The van der Waals surface area contributed by atoms with E-state index in [0.717, 1.165) is 11.3 Å². The molecule has 1 saturated heterocycles. The van der Waals surface area contributed by atoms with Crippen molar-refractivity contribution in [3.63, 3.8) is 0 Å². The van der Waals surface area contributed by atoms with E-state index in [1.165, 1.54) is 21.9 Å². The van der Waals surface area contributed by atoms with Crippen molar-refractivity contribution in [1.29, 1.82) is 0 Å². The molecule has 24 heavy (non-hydrogen) atoms. The fourth-order valence-electron chi connectivity index (χ4n) is 3.18. The fraction of sp³-hybridized carbons (Fsp3) is 0.238. The second-order valence-corrected chi connectivity index (χ2v) is 6.15. The van der Waals surface area contributed by atoms with Crippen LogP contribution >= 0.6 is 0 Å². The Kier molecular flexibility index (Phi) is 3.75. The van der Waals surface area contributed by atoms with Crippen LogP contribution in [-0.2, 0) is 15.3 Å². The topological polar surface area (TPSA) is 27.7 Å². The summed E-state index contributed by atoms with van der Waals surface area (Å²) in [6.07, 6.45) is 0. The zero-order valence-corrected chi connectivity index (χ0v) is 13.9. The second-order valence-electron chi connectivity index (χ2n) is 6.15. The summed E-state index contributed by atoms with van der Waals surface area (Å²) in [4.78, 5) is 0. The second kappa shape index (κ2) is 5.93. The number of benzene rings is 3. The molecule has 0 bridgehead atoms. The van der Waals surface area contributed by atoms with Crippen LogP contribution in [0.1, 0.15) is 12.5 Å². The summed E-state index contributed by atoms with van der Waals surface area (Å²) in [5.74, 6) is 0.266. The van der Waals surface area contributed by atoms with Crippen molar-refractivity contribution in [1.82, 2.24) is 0 Å². The summed E-state index contributed by atoms with van der Waals surface area (Å²) in [5, 5.41) is 2.38. The minimum atomic E-state index is -0.613. The molecule has 4 rings (SSSR count). The van der Waals surface area contributed by atoms with E-state index in [-0.39, 0.29) is 0 Å². The lowest BCUT2D eigenvalue weighted by atomic mass is 9.98. The number of fused-ring (bicyclic) bond motifs is 1. The van der Waals surface area contributed by atoms with Crippen LogP contribution < -0.4 is 4.74 Å². The van der Waals surface area contributed by atoms with Gasteiger partial charge in [0.05, 0.1) is 20.3 Å². The molecule has 0 N–H and O–H groups in total. The van der Waals surface area contributed by atoms with Crippen LogP contribution in [0.4, 0.5) is 0 Å². The zero-order valence-electron chi connectivity index (χ0n) is 13.9. The van der Waals surface area contributed by atoms with Gasteiger partial charge in [-0.15, -0.1) is 0 Å². The molecule has 1 heterocycles. The first kappa shape index (κ1) is 15.2. The zero-order chi connectivity index (χ0) is 16.6. The molecule has 3 nitrogen and oxygen atoms in total. The third-order valence-corrected chi connectivity index (χ3v) is 4.63. The molecule has 1 fully saturated rings.